The van der Waals surface area contributed by atoms with Crippen molar-refractivity contribution in [1.82, 2.24) is 9.97 Å². The van der Waals surface area contributed by atoms with Crippen LogP contribution in [0, 0.1) is 13.8 Å². The molecule has 0 saturated carbocycles. The SMILES string of the molecule is Cc1nc(Nc2ccccc2C(=O)O)c2cc(C)oc2n1. The van der Waals surface area contributed by atoms with Gasteiger partial charge in [0.05, 0.1) is 16.6 Å². The van der Waals surface area contributed by atoms with Gasteiger partial charge in [0.1, 0.15) is 17.4 Å². The van der Waals surface area contributed by atoms with Gasteiger partial charge in [0.25, 0.3) is 0 Å². The van der Waals surface area contributed by atoms with E-state index in [2.05, 4.69) is 15.3 Å². The molecule has 3 rings (SSSR count). The van der Waals surface area contributed by atoms with E-state index in [0.717, 1.165) is 11.1 Å². The Hall–Kier alpha value is -2.89. The smallest absolute Gasteiger partial charge is 0.337 e. The number of hydrogen-bond donors (Lipinski definition) is 2. The highest BCUT2D eigenvalue weighted by Gasteiger charge is 2.14. The van der Waals surface area contributed by atoms with Crippen molar-refractivity contribution in [3.8, 4) is 0 Å². The van der Waals surface area contributed by atoms with Crippen LogP contribution in [0.1, 0.15) is 21.9 Å². The van der Waals surface area contributed by atoms with Crippen LogP contribution >= 0.6 is 0 Å². The Morgan fingerprint density at radius 3 is 2.76 bits per heavy atom. The topological polar surface area (TPSA) is 88.2 Å². The van der Waals surface area contributed by atoms with Crippen LogP contribution in [0.4, 0.5) is 11.5 Å². The molecule has 0 bridgehead atoms. The zero-order chi connectivity index (χ0) is 15.0. The number of carboxylic acid groups (broad SMARTS) is 1. The fourth-order valence-corrected chi connectivity index (χ4v) is 2.15. The molecule has 0 aliphatic carbocycles. The molecule has 2 aromatic heterocycles. The van der Waals surface area contributed by atoms with Crippen LogP contribution in [-0.2, 0) is 0 Å². The zero-order valence-electron chi connectivity index (χ0n) is 11.5. The molecule has 1 aromatic carbocycles. The number of nitrogens with zero attached hydrogens (tertiary/aromatic N) is 2. The Balaban J connectivity index is 2.12. The lowest BCUT2D eigenvalue weighted by Crippen LogP contribution is -2.04. The van der Waals surface area contributed by atoms with E-state index in [1.54, 1.807) is 25.1 Å². The lowest BCUT2D eigenvalue weighted by Gasteiger charge is -2.09. The van der Waals surface area contributed by atoms with Crippen molar-refractivity contribution in [2.75, 3.05) is 5.32 Å². The van der Waals surface area contributed by atoms with Crippen molar-refractivity contribution < 1.29 is 14.3 Å². The minimum absolute atomic E-state index is 0.183. The number of aromatic nitrogens is 2. The predicted molar refractivity (Wildman–Crippen MR) is 78.0 cm³/mol. The number of carboxylic acids is 1. The van der Waals surface area contributed by atoms with Crippen molar-refractivity contribution in [3.63, 3.8) is 0 Å². The van der Waals surface area contributed by atoms with Crippen LogP contribution in [0.2, 0.25) is 0 Å². The van der Waals surface area contributed by atoms with Crippen LogP contribution in [0.15, 0.2) is 34.7 Å². The second kappa shape index (κ2) is 4.90. The summed E-state index contributed by atoms with van der Waals surface area (Å²) in [5.41, 5.74) is 1.14. The van der Waals surface area contributed by atoms with Crippen LogP contribution in [-0.4, -0.2) is 21.0 Å². The summed E-state index contributed by atoms with van der Waals surface area (Å²) in [4.78, 5) is 19.8. The molecule has 6 heteroatoms. The molecule has 0 amide bonds. The first kappa shape index (κ1) is 13.1. The summed E-state index contributed by atoms with van der Waals surface area (Å²) in [6.07, 6.45) is 0. The number of nitrogens with one attached hydrogen (secondary N) is 1. The van der Waals surface area contributed by atoms with Crippen molar-refractivity contribution >= 4 is 28.6 Å². The molecule has 0 atom stereocenters. The third kappa shape index (κ3) is 2.43. The van der Waals surface area contributed by atoms with Gasteiger partial charge in [-0.15, -0.1) is 0 Å². The van der Waals surface area contributed by atoms with Crippen molar-refractivity contribution in [2.24, 2.45) is 0 Å². The molecule has 0 saturated heterocycles. The molecule has 2 N–H and O–H groups in total. The minimum atomic E-state index is -0.997. The molecule has 0 aliphatic rings. The van der Waals surface area contributed by atoms with E-state index in [-0.39, 0.29) is 5.56 Å². The monoisotopic (exact) mass is 283 g/mol. The van der Waals surface area contributed by atoms with Crippen molar-refractivity contribution in [3.05, 3.63) is 47.5 Å². The van der Waals surface area contributed by atoms with E-state index in [1.165, 1.54) is 6.07 Å². The van der Waals surface area contributed by atoms with Gasteiger partial charge in [0.15, 0.2) is 0 Å². The second-order valence-electron chi connectivity index (χ2n) is 4.67. The summed E-state index contributed by atoms with van der Waals surface area (Å²) in [7, 11) is 0. The molecule has 21 heavy (non-hydrogen) atoms. The Kier molecular flexibility index (Phi) is 3.06. The van der Waals surface area contributed by atoms with Crippen molar-refractivity contribution in [2.45, 2.75) is 13.8 Å². The van der Waals surface area contributed by atoms with E-state index in [4.69, 9.17) is 4.42 Å². The predicted octanol–water partition coefficient (Wildman–Crippen LogP) is 3.28. The molecule has 6 nitrogen and oxygen atoms in total. The fraction of sp³-hybridized carbons (Fsp3) is 0.133. The van der Waals surface area contributed by atoms with Gasteiger partial charge in [0.2, 0.25) is 5.71 Å². The van der Waals surface area contributed by atoms with Gasteiger partial charge in [-0.1, -0.05) is 12.1 Å². The van der Waals surface area contributed by atoms with Gasteiger partial charge in [-0.05, 0) is 32.0 Å². The van der Waals surface area contributed by atoms with Crippen LogP contribution in [0.3, 0.4) is 0 Å². The highest BCUT2D eigenvalue weighted by molar-refractivity contribution is 5.97. The van der Waals surface area contributed by atoms with E-state index in [0.29, 0.717) is 23.0 Å². The molecular weight excluding hydrogens is 270 g/mol. The minimum Gasteiger partial charge on any atom is -0.478 e. The summed E-state index contributed by atoms with van der Waals surface area (Å²) < 4.78 is 5.50. The first-order chi connectivity index (χ1) is 10.0. The number of para-hydroxylation sites is 1. The number of fused-ring (bicyclic) bond motifs is 1. The number of furan rings is 1. The van der Waals surface area contributed by atoms with Gasteiger partial charge in [-0.3, -0.25) is 0 Å². The number of benzene rings is 1. The summed E-state index contributed by atoms with van der Waals surface area (Å²) in [5, 5.41) is 13.0. The third-order valence-corrected chi connectivity index (χ3v) is 3.04. The molecule has 0 unspecified atom stereocenters. The molecule has 2 heterocycles. The number of aromatic carboxylic acids is 1. The molecule has 106 valence electrons. The lowest BCUT2D eigenvalue weighted by atomic mass is 10.2. The van der Waals surface area contributed by atoms with E-state index in [1.807, 2.05) is 13.0 Å². The second-order valence-corrected chi connectivity index (χ2v) is 4.67. The van der Waals surface area contributed by atoms with Gasteiger partial charge in [-0.25, -0.2) is 9.78 Å². The molecular formula is C15H13N3O3. The maximum atomic E-state index is 11.3. The average Bonchev–Trinajstić information content (AvgIpc) is 2.79. The van der Waals surface area contributed by atoms with Gasteiger partial charge in [0, 0.05) is 0 Å². The van der Waals surface area contributed by atoms with E-state index >= 15 is 0 Å². The molecule has 0 fully saturated rings. The first-order valence-electron chi connectivity index (χ1n) is 6.39. The van der Waals surface area contributed by atoms with Crippen LogP contribution < -0.4 is 5.32 Å². The Labute approximate surface area is 120 Å². The van der Waals surface area contributed by atoms with Gasteiger partial charge in [-0.2, -0.15) is 4.98 Å². The quantitative estimate of drug-likeness (QED) is 0.766. The number of carbonyl (C=O) groups is 1. The fourth-order valence-electron chi connectivity index (χ4n) is 2.15. The standard InChI is InChI=1S/C15H13N3O3/c1-8-7-11-13(16-9(2)17-14(11)21-8)18-12-6-4-3-5-10(12)15(19)20/h3-7H,1-2H3,(H,19,20)(H,16,17,18). The molecule has 0 radical (unpaired) electrons. The van der Waals surface area contributed by atoms with Crippen molar-refractivity contribution in [1.29, 1.82) is 0 Å². The summed E-state index contributed by atoms with van der Waals surface area (Å²) in [6, 6.07) is 8.49. The van der Waals surface area contributed by atoms with Gasteiger partial charge >= 0.3 is 5.97 Å². The third-order valence-electron chi connectivity index (χ3n) is 3.04. The summed E-state index contributed by atoms with van der Waals surface area (Å²) >= 11 is 0. The average molecular weight is 283 g/mol. The first-order valence-corrected chi connectivity index (χ1v) is 6.39. The summed E-state index contributed by atoms with van der Waals surface area (Å²) in [5.74, 6) is 0.804. The number of anilines is 2. The highest BCUT2D eigenvalue weighted by Crippen LogP contribution is 2.27. The largest absolute Gasteiger partial charge is 0.478 e. The number of hydrogen-bond acceptors (Lipinski definition) is 5. The number of aryl methyl sites for hydroxylation is 2. The molecule has 0 spiro atoms. The molecule has 3 aromatic rings. The Bertz CT molecular complexity index is 839. The van der Waals surface area contributed by atoms with Gasteiger partial charge < -0.3 is 14.8 Å². The Morgan fingerprint density at radius 1 is 1.24 bits per heavy atom. The zero-order valence-corrected chi connectivity index (χ0v) is 11.5. The molecule has 0 aliphatic heterocycles. The number of rotatable bonds is 3. The van der Waals surface area contributed by atoms with Crippen LogP contribution in [0.5, 0.6) is 0 Å². The highest BCUT2D eigenvalue weighted by atomic mass is 16.4. The maximum Gasteiger partial charge on any atom is 0.337 e. The van der Waals surface area contributed by atoms with E-state index in [9.17, 15) is 9.90 Å². The summed E-state index contributed by atoms with van der Waals surface area (Å²) in [6.45, 7) is 3.58. The Morgan fingerprint density at radius 2 is 2.00 bits per heavy atom. The maximum absolute atomic E-state index is 11.3. The lowest BCUT2D eigenvalue weighted by molar-refractivity contribution is 0.0698. The normalized spacial score (nSPS) is 10.8. The van der Waals surface area contributed by atoms with Crippen LogP contribution in [0.25, 0.3) is 11.1 Å². The van der Waals surface area contributed by atoms with E-state index < -0.39 is 5.97 Å².